The van der Waals surface area contributed by atoms with Crippen LogP contribution < -0.4 is 15.2 Å². The fraction of sp³-hybridized carbons (Fsp3) is 0.640. The summed E-state index contributed by atoms with van der Waals surface area (Å²) in [4.78, 5) is 17.3. The molecule has 2 saturated heterocycles. The zero-order valence-corrected chi connectivity index (χ0v) is 19.4. The van der Waals surface area contributed by atoms with Crippen LogP contribution >= 0.6 is 0 Å². The molecule has 2 bridgehead atoms. The van der Waals surface area contributed by atoms with Gasteiger partial charge in [-0.25, -0.2) is 4.79 Å². The molecule has 8 nitrogen and oxygen atoms in total. The summed E-state index contributed by atoms with van der Waals surface area (Å²) >= 11 is 0. The summed E-state index contributed by atoms with van der Waals surface area (Å²) in [6.45, 7) is 1.92. The number of carbonyl (C=O) groups excluding carboxylic acids is 1. The molecular weight excluding hydrogens is 422 g/mol. The van der Waals surface area contributed by atoms with Crippen LogP contribution in [0.5, 0.6) is 11.5 Å². The van der Waals surface area contributed by atoms with Gasteiger partial charge >= 0.3 is 6.09 Å². The van der Waals surface area contributed by atoms with Crippen LogP contribution in [0.15, 0.2) is 24.0 Å². The van der Waals surface area contributed by atoms with Crippen molar-refractivity contribution in [2.75, 3.05) is 33.8 Å². The lowest BCUT2D eigenvalue weighted by atomic mass is 9.50. The van der Waals surface area contributed by atoms with E-state index in [-0.39, 0.29) is 18.2 Å². The van der Waals surface area contributed by atoms with Gasteiger partial charge in [0.1, 0.15) is 5.76 Å². The number of aliphatic hydroxyl groups is 1. The Balaban J connectivity index is 1.42. The molecule has 3 N–H and O–H groups in total. The molecular formula is C25H33N3O5. The lowest BCUT2D eigenvalue weighted by molar-refractivity contribution is -0.163. The van der Waals surface area contributed by atoms with Gasteiger partial charge in [0.2, 0.25) is 0 Å². The van der Waals surface area contributed by atoms with E-state index in [0.717, 1.165) is 44.2 Å². The van der Waals surface area contributed by atoms with E-state index in [1.54, 1.807) is 12.0 Å². The second kappa shape index (κ2) is 7.35. The minimum absolute atomic E-state index is 0.00122. The van der Waals surface area contributed by atoms with Gasteiger partial charge in [0.05, 0.1) is 18.1 Å². The van der Waals surface area contributed by atoms with Crippen molar-refractivity contribution >= 4 is 6.09 Å². The fourth-order valence-corrected chi connectivity index (χ4v) is 7.23. The second-order valence-corrected chi connectivity index (χ2v) is 10.2. The minimum Gasteiger partial charge on any atom is -0.493 e. The van der Waals surface area contributed by atoms with Crippen LogP contribution in [0.25, 0.3) is 0 Å². The van der Waals surface area contributed by atoms with Gasteiger partial charge in [0.15, 0.2) is 17.6 Å². The van der Waals surface area contributed by atoms with E-state index in [9.17, 15) is 9.90 Å². The molecule has 178 valence electrons. The Kier molecular flexibility index (Phi) is 4.74. The average molecular weight is 456 g/mol. The van der Waals surface area contributed by atoms with Gasteiger partial charge in [-0.2, -0.15) is 0 Å². The summed E-state index contributed by atoms with van der Waals surface area (Å²) in [7, 11) is 3.71. The molecule has 1 aromatic carbocycles. The molecule has 6 rings (SSSR count). The van der Waals surface area contributed by atoms with Crippen LogP contribution in [0.1, 0.15) is 43.2 Å². The van der Waals surface area contributed by atoms with Crippen molar-refractivity contribution in [1.82, 2.24) is 9.80 Å². The van der Waals surface area contributed by atoms with Crippen molar-refractivity contribution in [2.24, 2.45) is 5.73 Å². The molecule has 1 aromatic rings. The quantitative estimate of drug-likeness (QED) is 0.719. The maximum Gasteiger partial charge on any atom is 0.415 e. The molecule has 1 spiro atoms. The topological polar surface area (TPSA) is 97.5 Å². The van der Waals surface area contributed by atoms with Crippen LogP contribution in [0.2, 0.25) is 0 Å². The van der Waals surface area contributed by atoms with Crippen molar-refractivity contribution in [3.8, 4) is 11.5 Å². The Bertz CT molecular complexity index is 1030. The van der Waals surface area contributed by atoms with Crippen molar-refractivity contribution in [3.63, 3.8) is 0 Å². The number of likely N-dealkylation sites (tertiary alicyclic amines) is 2. The number of piperidine rings is 2. The number of nitrogens with zero attached hydrogens (tertiary/aromatic N) is 2. The number of carbonyl (C=O) groups is 1. The number of amides is 1. The molecule has 2 fully saturated rings. The number of ether oxygens (including phenoxy) is 3. The molecule has 2 aliphatic carbocycles. The van der Waals surface area contributed by atoms with Crippen LogP contribution in [-0.4, -0.2) is 78.6 Å². The highest BCUT2D eigenvalue weighted by Crippen LogP contribution is 2.65. The summed E-state index contributed by atoms with van der Waals surface area (Å²) < 4.78 is 18.3. The predicted octanol–water partition coefficient (Wildman–Crippen LogP) is 1.92. The van der Waals surface area contributed by atoms with Gasteiger partial charge in [-0.05, 0) is 63.4 Å². The van der Waals surface area contributed by atoms with Gasteiger partial charge in [-0.3, -0.25) is 0 Å². The lowest BCUT2D eigenvalue weighted by Crippen LogP contribution is -2.74. The first-order chi connectivity index (χ1) is 15.9. The molecule has 0 radical (unpaired) electrons. The second-order valence-electron chi connectivity index (χ2n) is 10.2. The summed E-state index contributed by atoms with van der Waals surface area (Å²) in [5.74, 6) is 1.84. The van der Waals surface area contributed by atoms with Crippen LogP contribution in [-0.2, 0) is 16.6 Å². The van der Waals surface area contributed by atoms with E-state index in [0.29, 0.717) is 36.8 Å². The Labute approximate surface area is 194 Å². The van der Waals surface area contributed by atoms with Crippen molar-refractivity contribution in [3.05, 3.63) is 35.1 Å². The van der Waals surface area contributed by atoms with Crippen molar-refractivity contribution < 1.29 is 24.1 Å². The third-order valence-corrected chi connectivity index (χ3v) is 8.90. The number of methoxy groups -OCH3 is 1. The Morgan fingerprint density at radius 2 is 2.18 bits per heavy atom. The average Bonchev–Trinajstić information content (AvgIpc) is 3.18. The lowest BCUT2D eigenvalue weighted by Gasteiger charge is -2.61. The molecule has 1 unspecified atom stereocenters. The fourth-order valence-electron chi connectivity index (χ4n) is 7.23. The van der Waals surface area contributed by atoms with E-state index in [2.05, 4.69) is 18.0 Å². The summed E-state index contributed by atoms with van der Waals surface area (Å²) in [6, 6.07) is 4.01. The number of benzene rings is 1. The smallest absolute Gasteiger partial charge is 0.415 e. The predicted molar refractivity (Wildman–Crippen MR) is 121 cm³/mol. The van der Waals surface area contributed by atoms with Crippen molar-refractivity contribution in [1.29, 1.82) is 0 Å². The maximum atomic E-state index is 13.2. The molecule has 0 aromatic heterocycles. The maximum absolute atomic E-state index is 13.2. The Morgan fingerprint density at radius 3 is 2.97 bits per heavy atom. The molecule has 8 heteroatoms. The highest BCUT2D eigenvalue weighted by molar-refractivity contribution is 5.71. The molecule has 5 aliphatic rings. The number of rotatable bonds is 3. The van der Waals surface area contributed by atoms with Gasteiger partial charge in [-0.1, -0.05) is 6.07 Å². The zero-order chi connectivity index (χ0) is 23.0. The first kappa shape index (κ1) is 21.3. The van der Waals surface area contributed by atoms with Gasteiger partial charge < -0.3 is 34.9 Å². The molecule has 3 aliphatic heterocycles. The van der Waals surface area contributed by atoms with E-state index in [1.807, 2.05) is 12.1 Å². The van der Waals surface area contributed by atoms with E-state index in [1.165, 1.54) is 5.56 Å². The third-order valence-electron chi connectivity index (χ3n) is 8.90. The highest BCUT2D eigenvalue weighted by Gasteiger charge is 2.72. The summed E-state index contributed by atoms with van der Waals surface area (Å²) in [5.41, 5.74) is 6.49. The van der Waals surface area contributed by atoms with Crippen molar-refractivity contribution in [2.45, 2.75) is 67.7 Å². The molecule has 3 heterocycles. The van der Waals surface area contributed by atoms with E-state index in [4.69, 9.17) is 19.9 Å². The normalized spacial score (nSPS) is 36.5. The Morgan fingerprint density at radius 1 is 1.33 bits per heavy atom. The van der Waals surface area contributed by atoms with Crippen LogP contribution in [0, 0.1) is 0 Å². The first-order valence-corrected chi connectivity index (χ1v) is 12.1. The number of likely N-dealkylation sites (N-methyl/N-ethyl adjacent to an activating group) is 1. The largest absolute Gasteiger partial charge is 0.493 e. The summed E-state index contributed by atoms with van der Waals surface area (Å²) in [5, 5.41) is 12.3. The standard InChI is InChI=1S/C25H33N3O5/c1-27-12-10-24-20-15-6-7-17(31-2)21(20)33-22(24)18(8-9-25(24,30)19(27)13-15)32-23(29)28-11-4-3-5-16(28)14-26/h6-8,16,19,22,30H,3-5,9-14,26H2,1-2H3/t16?,19-,22+,24+,25-/m1/s1. The third kappa shape index (κ3) is 2.65. The molecule has 1 amide bonds. The number of hydrogen-bond donors (Lipinski definition) is 2. The van der Waals surface area contributed by atoms with E-state index >= 15 is 0 Å². The van der Waals surface area contributed by atoms with Gasteiger partial charge in [0, 0.05) is 37.2 Å². The van der Waals surface area contributed by atoms with Gasteiger partial charge in [0.25, 0.3) is 0 Å². The first-order valence-electron chi connectivity index (χ1n) is 12.1. The number of hydrogen-bond acceptors (Lipinski definition) is 7. The number of nitrogens with two attached hydrogens (primary N) is 1. The molecule has 5 atom stereocenters. The van der Waals surface area contributed by atoms with E-state index < -0.39 is 17.1 Å². The molecule has 0 saturated carbocycles. The van der Waals surface area contributed by atoms with Crippen LogP contribution in [0.4, 0.5) is 4.79 Å². The minimum atomic E-state index is -1.00. The SMILES string of the molecule is COc1ccc2c3c1O[C@H]1C(OC(=O)N4CCCCC4CN)=CC[C@@]4(O)[C@@H](C2)N(C)CC[C@]314. The Hall–Kier alpha value is -2.29. The zero-order valence-electron chi connectivity index (χ0n) is 19.4. The summed E-state index contributed by atoms with van der Waals surface area (Å²) in [6.07, 6.45) is 5.75. The molecule has 33 heavy (non-hydrogen) atoms. The van der Waals surface area contributed by atoms with Gasteiger partial charge in [-0.15, -0.1) is 0 Å². The van der Waals surface area contributed by atoms with Crippen LogP contribution in [0.3, 0.4) is 0 Å². The monoisotopic (exact) mass is 455 g/mol. The highest BCUT2D eigenvalue weighted by atomic mass is 16.6.